The molecule has 1 amide bonds. The van der Waals surface area contributed by atoms with Crippen molar-refractivity contribution in [2.75, 3.05) is 11.9 Å². The Labute approximate surface area is 194 Å². The highest BCUT2D eigenvalue weighted by atomic mass is 35.5. The maximum atomic E-state index is 13.4. The normalized spacial score (nSPS) is 16.6. The number of ether oxygens (including phenoxy) is 2. The van der Waals surface area contributed by atoms with E-state index in [0.29, 0.717) is 12.8 Å². The van der Waals surface area contributed by atoms with E-state index in [0.717, 1.165) is 4.68 Å². The first-order chi connectivity index (χ1) is 15.9. The summed E-state index contributed by atoms with van der Waals surface area (Å²) in [6.45, 7) is 0. The number of fused-ring (bicyclic) bond motifs is 1. The van der Waals surface area contributed by atoms with Crippen LogP contribution in [0.5, 0.6) is 11.5 Å². The molecule has 0 atom stereocenters. The predicted molar refractivity (Wildman–Crippen MR) is 111 cm³/mol. The fourth-order valence-electron chi connectivity index (χ4n) is 3.73. The van der Waals surface area contributed by atoms with Gasteiger partial charge in [-0.15, -0.1) is 8.78 Å². The van der Waals surface area contributed by atoms with Gasteiger partial charge in [-0.25, -0.2) is 4.68 Å². The van der Waals surface area contributed by atoms with Crippen LogP contribution in [-0.4, -0.2) is 29.0 Å². The van der Waals surface area contributed by atoms with Crippen LogP contribution in [0.4, 0.5) is 27.6 Å². The van der Waals surface area contributed by atoms with Gasteiger partial charge in [-0.1, -0.05) is 17.7 Å². The number of alkyl halides is 5. The third kappa shape index (κ3) is 3.93. The Morgan fingerprint density at radius 3 is 2.53 bits per heavy atom. The van der Waals surface area contributed by atoms with Crippen molar-refractivity contribution < 1.29 is 36.2 Å². The van der Waals surface area contributed by atoms with E-state index in [-0.39, 0.29) is 40.0 Å². The monoisotopic (exact) mass is 499 g/mol. The highest BCUT2D eigenvalue weighted by Gasteiger charge is 2.44. The summed E-state index contributed by atoms with van der Waals surface area (Å²) in [6.07, 6.45) is -7.15. The molecule has 1 saturated carbocycles. The molecule has 1 aliphatic heterocycles. The van der Waals surface area contributed by atoms with Gasteiger partial charge in [-0.05, 0) is 43.2 Å². The van der Waals surface area contributed by atoms with E-state index in [9.17, 15) is 26.7 Å². The molecule has 0 N–H and O–H groups in total. The van der Waals surface area contributed by atoms with E-state index < -0.39 is 29.1 Å². The van der Waals surface area contributed by atoms with Gasteiger partial charge in [0.2, 0.25) is 0 Å². The van der Waals surface area contributed by atoms with Crippen LogP contribution in [0, 0.1) is 0 Å². The molecule has 2 aliphatic rings. The lowest BCUT2D eigenvalue weighted by Gasteiger charge is -2.18. The molecule has 0 unspecified atom stereocenters. The molecule has 2 heterocycles. The van der Waals surface area contributed by atoms with Crippen molar-refractivity contribution in [2.45, 2.75) is 31.2 Å². The van der Waals surface area contributed by atoms with E-state index in [1.807, 2.05) is 0 Å². The maximum Gasteiger partial charge on any atom is 0.586 e. The van der Waals surface area contributed by atoms with E-state index in [4.69, 9.17) is 11.6 Å². The maximum absolute atomic E-state index is 13.4. The number of nitrogens with zero attached hydrogens (tertiary/aromatic N) is 3. The number of carbonyl (C=O) groups is 1. The molecule has 178 valence electrons. The fourth-order valence-corrected chi connectivity index (χ4v) is 4.11. The Balaban J connectivity index is 1.47. The Kier molecular flexibility index (Phi) is 5.01. The topological polar surface area (TPSA) is 56.6 Å². The molecule has 6 nitrogen and oxygen atoms in total. The van der Waals surface area contributed by atoms with E-state index in [1.54, 1.807) is 0 Å². The first-order valence-electron chi connectivity index (χ1n) is 10.1. The van der Waals surface area contributed by atoms with Crippen LogP contribution >= 0.6 is 11.6 Å². The minimum atomic E-state index is -4.73. The van der Waals surface area contributed by atoms with E-state index in [1.165, 1.54) is 54.4 Å². The summed E-state index contributed by atoms with van der Waals surface area (Å²) >= 11 is 6.04. The molecule has 0 radical (unpaired) electrons. The number of hydrogen-bond acceptors (Lipinski definition) is 4. The van der Waals surface area contributed by atoms with Crippen molar-refractivity contribution in [1.82, 2.24) is 9.78 Å². The largest absolute Gasteiger partial charge is 0.586 e. The van der Waals surface area contributed by atoms with Gasteiger partial charge in [0.1, 0.15) is 0 Å². The molecule has 1 aliphatic carbocycles. The molecular weight excluding hydrogens is 485 g/mol. The van der Waals surface area contributed by atoms with Crippen molar-refractivity contribution in [2.24, 2.45) is 0 Å². The lowest BCUT2D eigenvalue weighted by atomic mass is 10.1. The minimum Gasteiger partial charge on any atom is -0.395 e. The summed E-state index contributed by atoms with van der Waals surface area (Å²) in [7, 11) is 1.42. The molecule has 1 aromatic heterocycles. The lowest BCUT2D eigenvalue weighted by Crippen LogP contribution is -2.26. The summed E-state index contributed by atoms with van der Waals surface area (Å²) in [5.74, 6) is -1.07. The van der Waals surface area contributed by atoms with Gasteiger partial charge >= 0.3 is 12.5 Å². The number of rotatable bonds is 4. The molecule has 0 spiro atoms. The molecule has 0 bridgehead atoms. The number of amides is 1. The van der Waals surface area contributed by atoms with Crippen LogP contribution in [0.15, 0.2) is 42.5 Å². The summed E-state index contributed by atoms with van der Waals surface area (Å²) in [5, 5.41) is 3.26. The van der Waals surface area contributed by atoms with Gasteiger partial charge in [-0.2, -0.15) is 18.3 Å². The number of anilines is 1. The van der Waals surface area contributed by atoms with E-state index >= 15 is 0 Å². The van der Waals surface area contributed by atoms with Gasteiger partial charge in [0.15, 0.2) is 17.2 Å². The van der Waals surface area contributed by atoms with Crippen LogP contribution in [0.25, 0.3) is 5.69 Å². The second-order valence-electron chi connectivity index (χ2n) is 7.94. The second-order valence-corrected chi connectivity index (χ2v) is 8.32. The summed E-state index contributed by atoms with van der Waals surface area (Å²) in [6, 6.07) is 9.79. The molecule has 2 aromatic carbocycles. The van der Waals surface area contributed by atoms with E-state index in [2.05, 4.69) is 14.6 Å². The molecule has 5 rings (SSSR count). The van der Waals surface area contributed by atoms with Crippen molar-refractivity contribution >= 4 is 23.2 Å². The standard InChI is InChI=1S/C22H15ClF5N3O3/c1-30(13-7-8-15-16(10-13)34-22(27,28)33-15)20(32)12-3-2-4-14(9-12)31-18(11-5-6-11)17(23)19(29-31)21(24,25)26/h2-4,7-11H,5-6H2,1H3. The molecular formula is C22H15ClF5N3O3. The van der Waals surface area contributed by atoms with Gasteiger partial charge in [0, 0.05) is 30.3 Å². The quantitative estimate of drug-likeness (QED) is 0.412. The average molecular weight is 500 g/mol. The second kappa shape index (κ2) is 7.59. The third-order valence-corrected chi connectivity index (χ3v) is 5.88. The highest BCUT2D eigenvalue weighted by molar-refractivity contribution is 6.32. The van der Waals surface area contributed by atoms with Gasteiger partial charge in [-0.3, -0.25) is 4.79 Å². The third-order valence-electron chi connectivity index (χ3n) is 5.51. The minimum absolute atomic E-state index is 0.143. The van der Waals surface area contributed by atoms with Crippen molar-refractivity contribution in [1.29, 1.82) is 0 Å². The average Bonchev–Trinajstić information content (AvgIpc) is 3.46. The van der Waals surface area contributed by atoms with Crippen molar-refractivity contribution in [3.63, 3.8) is 0 Å². The van der Waals surface area contributed by atoms with Gasteiger partial charge in [0.25, 0.3) is 5.91 Å². The molecule has 34 heavy (non-hydrogen) atoms. The van der Waals surface area contributed by atoms with Crippen LogP contribution in [0.1, 0.15) is 40.5 Å². The Morgan fingerprint density at radius 2 is 1.85 bits per heavy atom. The Bertz CT molecular complexity index is 1300. The zero-order valence-corrected chi connectivity index (χ0v) is 18.1. The summed E-state index contributed by atoms with van der Waals surface area (Å²) in [5.41, 5.74) is -0.296. The first-order valence-corrected chi connectivity index (χ1v) is 10.5. The number of aromatic nitrogens is 2. The van der Waals surface area contributed by atoms with Crippen molar-refractivity contribution in [3.8, 4) is 17.2 Å². The zero-order chi connectivity index (χ0) is 24.4. The summed E-state index contributed by atoms with van der Waals surface area (Å²) in [4.78, 5) is 14.3. The molecule has 12 heteroatoms. The fraction of sp³-hybridized carbons (Fsp3) is 0.273. The first kappa shape index (κ1) is 22.5. The van der Waals surface area contributed by atoms with Gasteiger partial charge < -0.3 is 14.4 Å². The highest BCUT2D eigenvalue weighted by Crippen LogP contribution is 2.48. The van der Waals surface area contributed by atoms with Gasteiger partial charge in [0.05, 0.1) is 16.4 Å². The van der Waals surface area contributed by atoms with Crippen LogP contribution in [0.2, 0.25) is 5.02 Å². The van der Waals surface area contributed by atoms with Crippen molar-refractivity contribution in [3.05, 3.63) is 64.4 Å². The zero-order valence-electron chi connectivity index (χ0n) is 17.4. The number of hydrogen-bond donors (Lipinski definition) is 0. The number of benzene rings is 2. The number of carbonyl (C=O) groups excluding carboxylic acids is 1. The van der Waals surface area contributed by atoms with Crippen LogP contribution < -0.4 is 14.4 Å². The molecule has 1 fully saturated rings. The Morgan fingerprint density at radius 1 is 1.15 bits per heavy atom. The lowest BCUT2D eigenvalue weighted by molar-refractivity contribution is -0.286. The van der Waals surface area contributed by atoms with Crippen LogP contribution in [0.3, 0.4) is 0 Å². The summed E-state index contributed by atoms with van der Waals surface area (Å²) < 4.78 is 76.7. The Hall–Kier alpha value is -3.34. The predicted octanol–water partition coefficient (Wildman–Crippen LogP) is 6.02. The smallest absolute Gasteiger partial charge is 0.395 e. The van der Waals surface area contributed by atoms with Crippen LogP contribution in [-0.2, 0) is 6.18 Å². The molecule has 0 saturated heterocycles. The number of halogens is 6. The SMILES string of the molecule is CN(C(=O)c1cccc(-n2nc(C(F)(F)F)c(Cl)c2C2CC2)c1)c1ccc2c(c1)OC(F)(F)O2. The molecule has 3 aromatic rings.